The number of carboxylic acids is 1. The van der Waals surface area contributed by atoms with Gasteiger partial charge in [-0.1, -0.05) is 91.6 Å². The summed E-state index contributed by atoms with van der Waals surface area (Å²) in [6.45, 7) is 14.3. The highest BCUT2D eigenvalue weighted by atomic mass is 16.7. The fourth-order valence-corrected chi connectivity index (χ4v) is 9.23. The van der Waals surface area contributed by atoms with Crippen molar-refractivity contribution < 1.29 is 58.4 Å². The molecule has 18 heteroatoms. The van der Waals surface area contributed by atoms with E-state index in [1.165, 1.54) is 26.4 Å². The Bertz CT molecular complexity index is 1890. The average Bonchev–Trinajstić information content (AvgIpc) is 3.90. The molecule has 67 heavy (non-hydrogen) atoms. The van der Waals surface area contributed by atoms with Crippen LogP contribution in [0.25, 0.3) is 0 Å². The van der Waals surface area contributed by atoms with E-state index < -0.39 is 77.9 Å². The van der Waals surface area contributed by atoms with Crippen LogP contribution in [-0.2, 0) is 44.7 Å². The molecular formula is C49H78N6O12. The molecule has 1 aliphatic heterocycles. The molecule has 2 aromatic rings. The zero-order chi connectivity index (χ0) is 50.1. The number of amides is 4. The van der Waals surface area contributed by atoms with E-state index in [9.17, 15) is 44.1 Å². The van der Waals surface area contributed by atoms with Gasteiger partial charge in [0.25, 0.3) is 0 Å². The summed E-state index contributed by atoms with van der Waals surface area (Å²) >= 11 is 0. The molecule has 5 N–H and O–H groups in total. The number of methoxy groups -OCH3 is 2. The molecule has 1 saturated heterocycles. The number of rotatable bonds is 28. The number of carbonyl (C=O) groups excluding carboxylic acids is 5. The number of hydrogen-bond acceptors (Lipinski definition) is 12. The number of aromatic nitrogens is 1. The lowest BCUT2D eigenvalue weighted by Gasteiger charge is -2.41. The SMILES string of the molecule is CCC(C)C(C(CC(=O)N1CCCC1C(OC)C(C)C(=O)NC(Cc1ccccc1)C(=O)O)OC)N(C)C(=O)C(NC(=O)C(C(C)C)N(C)CCCCCC(=O)On1c(O)ccc1O)C(C)C. The summed E-state index contributed by atoms with van der Waals surface area (Å²) in [5.74, 6) is -5.17. The molecule has 0 saturated carbocycles. The van der Waals surface area contributed by atoms with Crippen molar-refractivity contribution in [3.8, 4) is 11.8 Å². The van der Waals surface area contributed by atoms with Crippen molar-refractivity contribution in [3.05, 3.63) is 48.0 Å². The van der Waals surface area contributed by atoms with Crippen LogP contribution >= 0.6 is 0 Å². The molecule has 2 heterocycles. The number of carbonyl (C=O) groups is 6. The summed E-state index contributed by atoms with van der Waals surface area (Å²) in [6, 6.07) is 7.84. The van der Waals surface area contributed by atoms with E-state index >= 15 is 0 Å². The van der Waals surface area contributed by atoms with Gasteiger partial charge in [-0.05, 0) is 62.6 Å². The maximum atomic E-state index is 14.6. The molecule has 1 aromatic carbocycles. The molecule has 0 spiro atoms. The normalized spacial score (nSPS) is 17.6. The predicted octanol–water partition coefficient (Wildman–Crippen LogP) is 4.24. The fraction of sp³-hybridized carbons (Fsp3) is 0.673. The lowest BCUT2D eigenvalue weighted by atomic mass is 9.89. The van der Waals surface area contributed by atoms with E-state index in [1.54, 1.807) is 48.0 Å². The molecule has 1 fully saturated rings. The van der Waals surface area contributed by atoms with E-state index in [-0.39, 0.29) is 54.7 Å². The predicted molar refractivity (Wildman–Crippen MR) is 252 cm³/mol. The van der Waals surface area contributed by atoms with Gasteiger partial charge in [0.1, 0.15) is 12.1 Å². The molecular weight excluding hydrogens is 865 g/mol. The zero-order valence-corrected chi connectivity index (χ0v) is 41.5. The number of likely N-dealkylation sites (tertiary alicyclic amines) is 1. The first-order chi connectivity index (χ1) is 31.7. The van der Waals surface area contributed by atoms with Gasteiger partial charge in [-0.15, -0.1) is 4.73 Å². The summed E-state index contributed by atoms with van der Waals surface area (Å²) in [4.78, 5) is 91.3. The van der Waals surface area contributed by atoms with Crippen LogP contribution < -0.4 is 15.5 Å². The van der Waals surface area contributed by atoms with Crippen molar-refractivity contribution in [1.29, 1.82) is 0 Å². The van der Waals surface area contributed by atoms with Crippen LogP contribution in [0.15, 0.2) is 42.5 Å². The van der Waals surface area contributed by atoms with Gasteiger partial charge in [-0.3, -0.25) is 24.1 Å². The van der Waals surface area contributed by atoms with Crippen molar-refractivity contribution in [1.82, 2.24) is 30.1 Å². The molecule has 9 unspecified atom stereocenters. The Morgan fingerprint density at radius 2 is 1.48 bits per heavy atom. The molecule has 0 radical (unpaired) electrons. The second-order valence-electron chi connectivity index (χ2n) is 18.7. The van der Waals surface area contributed by atoms with E-state index in [2.05, 4.69) is 10.6 Å². The summed E-state index contributed by atoms with van der Waals surface area (Å²) in [5.41, 5.74) is 0.767. The Labute approximate surface area is 396 Å². The van der Waals surface area contributed by atoms with Gasteiger partial charge in [0.15, 0.2) is 0 Å². The van der Waals surface area contributed by atoms with Crippen LogP contribution in [-0.4, -0.2) is 154 Å². The van der Waals surface area contributed by atoms with Gasteiger partial charge in [-0.25, -0.2) is 9.59 Å². The first kappa shape index (κ1) is 56.1. The van der Waals surface area contributed by atoms with Crippen LogP contribution in [0.1, 0.15) is 105 Å². The number of hydrogen-bond donors (Lipinski definition) is 5. The average molecular weight is 943 g/mol. The number of nitrogens with one attached hydrogen (secondary N) is 2. The number of unbranched alkanes of at least 4 members (excludes halogenated alkanes) is 2. The molecule has 18 nitrogen and oxygen atoms in total. The van der Waals surface area contributed by atoms with Crippen molar-refractivity contribution in [2.45, 2.75) is 149 Å². The maximum Gasteiger partial charge on any atom is 0.333 e. The minimum Gasteiger partial charge on any atom is -0.492 e. The van der Waals surface area contributed by atoms with Crippen LogP contribution in [0, 0.1) is 23.7 Å². The highest BCUT2D eigenvalue weighted by Crippen LogP contribution is 2.30. The lowest BCUT2D eigenvalue weighted by molar-refractivity contribution is -0.148. The standard InChI is InChI=1S/C49H78N6O12/c1-12-32(6)44(37(65-10)29-40(58)54-27-19-22-36(54)45(66-11)33(7)46(60)50-35(49(63)64)28-34-20-15-13-16-21-34)53(9)48(62)42(30(2)3)51-47(61)43(31(4)5)52(8)26-18-14-17-23-41(59)67-55-38(56)24-25-39(55)57/h13,15-16,20-21,24-25,30-33,35-37,42-45,56-57H,12,14,17-19,22-23,26-29H2,1-11H3,(H,50,60)(H,51,61)(H,63,64). The van der Waals surface area contributed by atoms with Crippen LogP contribution in [0.3, 0.4) is 0 Å². The fourth-order valence-electron chi connectivity index (χ4n) is 9.23. The highest BCUT2D eigenvalue weighted by Gasteiger charge is 2.43. The second-order valence-corrected chi connectivity index (χ2v) is 18.7. The number of carboxylic acid groups (broad SMARTS) is 1. The third-order valence-electron chi connectivity index (χ3n) is 13.1. The smallest absolute Gasteiger partial charge is 0.333 e. The third kappa shape index (κ3) is 15.7. The maximum absolute atomic E-state index is 14.6. The number of benzene rings is 1. The van der Waals surface area contributed by atoms with Gasteiger partial charge in [-0.2, -0.15) is 0 Å². The Morgan fingerprint density at radius 1 is 0.836 bits per heavy atom. The minimum absolute atomic E-state index is 0.0603. The van der Waals surface area contributed by atoms with E-state index in [0.29, 0.717) is 56.3 Å². The molecule has 0 bridgehead atoms. The first-order valence-electron chi connectivity index (χ1n) is 23.7. The zero-order valence-electron chi connectivity index (χ0n) is 41.5. The summed E-state index contributed by atoms with van der Waals surface area (Å²) < 4.78 is 12.6. The third-order valence-corrected chi connectivity index (χ3v) is 13.1. The molecule has 0 aliphatic carbocycles. The molecule has 3 rings (SSSR count). The molecule has 4 amide bonds. The Balaban J connectivity index is 1.68. The first-order valence-corrected chi connectivity index (χ1v) is 23.7. The number of ether oxygens (including phenoxy) is 2. The topological polar surface area (TPSA) is 230 Å². The molecule has 9 atom stereocenters. The van der Waals surface area contributed by atoms with Crippen LogP contribution in [0.2, 0.25) is 0 Å². The molecule has 376 valence electrons. The van der Waals surface area contributed by atoms with E-state index in [0.717, 1.165) is 5.56 Å². The molecule has 1 aliphatic rings. The Hall–Kier alpha value is -5.20. The summed E-state index contributed by atoms with van der Waals surface area (Å²) in [6.07, 6.45) is 2.41. The van der Waals surface area contributed by atoms with E-state index in [1.807, 2.05) is 59.6 Å². The van der Waals surface area contributed by atoms with Crippen molar-refractivity contribution in [3.63, 3.8) is 0 Å². The van der Waals surface area contributed by atoms with Gasteiger partial charge < -0.3 is 50.1 Å². The van der Waals surface area contributed by atoms with Crippen molar-refractivity contribution in [2.24, 2.45) is 23.7 Å². The van der Waals surface area contributed by atoms with Crippen LogP contribution in [0.4, 0.5) is 0 Å². The van der Waals surface area contributed by atoms with Gasteiger partial charge in [0.05, 0.1) is 42.7 Å². The Morgan fingerprint density at radius 3 is 2.03 bits per heavy atom. The van der Waals surface area contributed by atoms with Gasteiger partial charge in [0.2, 0.25) is 35.4 Å². The van der Waals surface area contributed by atoms with E-state index in [4.69, 9.17) is 14.3 Å². The van der Waals surface area contributed by atoms with Crippen molar-refractivity contribution >= 4 is 35.6 Å². The minimum atomic E-state index is -1.16. The van der Waals surface area contributed by atoms with Gasteiger partial charge in [0, 0.05) is 52.8 Å². The molecule has 1 aromatic heterocycles. The highest BCUT2D eigenvalue weighted by molar-refractivity contribution is 5.90. The lowest BCUT2D eigenvalue weighted by Crippen LogP contribution is -2.60. The monoisotopic (exact) mass is 943 g/mol. The number of nitrogens with zero attached hydrogens (tertiary/aromatic N) is 4. The number of likely N-dealkylation sites (N-methyl/N-ethyl adjacent to an activating group) is 2. The number of aliphatic carboxylic acids is 1. The second kappa shape index (κ2) is 27.0. The summed E-state index contributed by atoms with van der Waals surface area (Å²) in [7, 11) is 6.54. The van der Waals surface area contributed by atoms with Crippen molar-refractivity contribution in [2.75, 3.05) is 41.4 Å². The number of aromatic hydroxyl groups is 2. The van der Waals surface area contributed by atoms with Gasteiger partial charge >= 0.3 is 11.9 Å². The quantitative estimate of drug-likeness (QED) is 0.0753. The Kier molecular flexibility index (Phi) is 22.6. The summed E-state index contributed by atoms with van der Waals surface area (Å²) in [5, 5.41) is 35.1. The van der Waals surface area contributed by atoms with Crippen LogP contribution in [0.5, 0.6) is 11.8 Å². The largest absolute Gasteiger partial charge is 0.492 e.